The number of hydrogen-bond donors (Lipinski definition) is 0. The van der Waals surface area contributed by atoms with E-state index >= 15 is 0 Å². The van der Waals surface area contributed by atoms with Crippen LogP contribution in [-0.4, -0.2) is 30.0 Å². The van der Waals surface area contributed by atoms with Crippen LogP contribution in [0.3, 0.4) is 0 Å². The van der Waals surface area contributed by atoms with E-state index in [2.05, 4.69) is 0 Å². The minimum Gasteiger partial charge on any atom is -0.461 e. The Labute approximate surface area is 124 Å². The van der Waals surface area contributed by atoms with E-state index in [0.29, 0.717) is 0 Å². The Bertz CT molecular complexity index is 628. The molecule has 1 aromatic carbocycles. The van der Waals surface area contributed by atoms with Gasteiger partial charge in [0.05, 0.1) is 4.92 Å². The van der Waals surface area contributed by atoms with E-state index in [1.54, 1.807) is 0 Å². The first kappa shape index (κ1) is 17.4. The number of ether oxygens (including phenoxy) is 1. The summed E-state index contributed by atoms with van der Waals surface area (Å²) in [6.07, 6.45) is 0.815. The molecule has 0 aliphatic carbocycles. The lowest BCUT2D eigenvalue weighted by molar-refractivity contribution is -0.387. The van der Waals surface area contributed by atoms with Crippen LogP contribution < -0.4 is 0 Å². The van der Waals surface area contributed by atoms with Gasteiger partial charge in [-0.2, -0.15) is 4.39 Å². The van der Waals surface area contributed by atoms with Crippen molar-refractivity contribution in [2.75, 3.05) is 13.3 Å². The number of carbonyl (C=O) groups excluding carboxylic acids is 2. The zero-order chi connectivity index (χ0) is 16.7. The Morgan fingerprint density at radius 2 is 2.09 bits per heavy atom. The van der Waals surface area contributed by atoms with E-state index in [1.807, 2.05) is 0 Å². The van der Waals surface area contributed by atoms with Crippen LogP contribution in [0.1, 0.15) is 18.9 Å². The molecule has 1 aromatic rings. The fourth-order valence-electron chi connectivity index (χ4n) is 1.59. The molecule has 0 heterocycles. The van der Waals surface area contributed by atoms with Gasteiger partial charge in [0.2, 0.25) is 5.82 Å². The molecule has 0 fully saturated rings. The van der Waals surface area contributed by atoms with E-state index in [4.69, 9.17) is 4.74 Å². The van der Waals surface area contributed by atoms with Crippen molar-refractivity contribution in [3.63, 3.8) is 0 Å². The molecule has 0 bridgehead atoms. The lowest BCUT2D eigenvalue weighted by atomic mass is 10.1. The van der Waals surface area contributed by atoms with Gasteiger partial charge in [0.25, 0.3) is 0 Å². The van der Waals surface area contributed by atoms with Gasteiger partial charge in [-0.3, -0.25) is 19.7 Å². The van der Waals surface area contributed by atoms with Gasteiger partial charge in [-0.25, -0.2) is 4.39 Å². The highest BCUT2D eigenvalue weighted by molar-refractivity contribution is 5.94. The van der Waals surface area contributed by atoms with Crippen LogP contribution in [0.4, 0.5) is 14.5 Å². The number of rotatable bonds is 7. The molecule has 0 radical (unpaired) electrons. The molecule has 0 unspecified atom stereocenters. The molecule has 118 valence electrons. The van der Waals surface area contributed by atoms with E-state index in [0.717, 1.165) is 12.1 Å². The Kier molecular flexibility index (Phi) is 6.30. The van der Waals surface area contributed by atoms with Crippen molar-refractivity contribution in [1.29, 1.82) is 0 Å². The van der Waals surface area contributed by atoms with Crippen molar-refractivity contribution in [3.8, 4) is 0 Å². The third-order valence-electron chi connectivity index (χ3n) is 2.62. The number of hydrogen-bond acceptors (Lipinski definition) is 5. The SMILES string of the molecule is CC(=O)CC(=O)OCC=C(CF)c1ccc(F)c([N+](=O)[O-])c1. The third kappa shape index (κ3) is 5.04. The van der Waals surface area contributed by atoms with E-state index < -0.39 is 29.1 Å². The number of esters is 1. The first-order valence-corrected chi connectivity index (χ1v) is 6.19. The summed E-state index contributed by atoms with van der Waals surface area (Å²) >= 11 is 0. The smallest absolute Gasteiger partial charge is 0.313 e. The first-order chi connectivity index (χ1) is 10.3. The second-order valence-corrected chi connectivity index (χ2v) is 4.35. The molecular formula is C14H13F2NO5. The second kappa shape index (κ2) is 7.96. The molecule has 6 nitrogen and oxygen atoms in total. The van der Waals surface area contributed by atoms with Gasteiger partial charge in [0.15, 0.2) is 0 Å². The average molecular weight is 313 g/mol. The van der Waals surface area contributed by atoms with Crippen molar-refractivity contribution in [1.82, 2.24) is 0 Å². The minimum atomic E-state index is -1.03. The van der Waals surface area contributed by atoms with Crippen LogP contribution in [0.25, 0.3) is 5.57 Å². The molecule has 0 aliphatic heterocycles. The quantitative estimate of drug-likeness (QED) is 0.334. The number of alkyl halides is 1. The fraction of sp³-hybridized carbons (Fsp3) is 0.286. The zero-order valence-electron chi connectivity index (χ0n) is 11.7. The Morgan fingerprint density at radius 1 is 1.41 bits per heavy atom. The van der Waals surface area contributed by atoms with Crippen molar-refractivity contribution >= 4 is 23.0 Å². The Morgan fingerprint density at radius 3 is 2.64 bits per heavy atom. The van der Waals surface area contributed by atoms with Gasteiger partial charge in [0.1, 0.15) is 25.5 Å². The molecule has 0 saturated heterocycles. The Hall–Kier alpha value is -2.64. The molecule has 8 heteroatoms. The van der Waals surface area contributed by atoms with Crippen molar-refractivity contribution in [2.24, 2.45) is 0 Å². The van der Waals surface area contributed by atoms with Gasteiger partial charge in [-0.1, -0.05) is 6.07 Å². The van der Waals surface area contributed by atoms with Crippen LogP contribution >= 0.6 is 0 Å². The van der Waals surface area contributed by atoms with E-state index in [9.17, 15) is 28.5 Å². The number of allylic oxidation sites excluding steroid dienone is 1. The maximum atomic E-state index is 13.2. The largest absolute Gasteiger partial charge is 0.461 e. The maximum absolute atomic E-state index is 13.2. The summed E-state index contributed by atoms with van der Waals surface area (Å²) in [5.74, 6) is -2.15. The first-order valence-electron chi connectivity index (χ1n) is 6.19. The molecule has 0 amide bonds. The lowest BCUT2D eigenvalue weighted by Gasteiger charge is -2.05. The number of nitro groups is 1. The van der Waals surface area contributed by atoms with Crippen molar-refractivity contribution in [3.05, 3.63) is 45.8 Å². The molecule has 22 heavy (non-hydrogen) atoms. The summed E-state index contributed by atoms with van der Waals surface area (Å²) < 4.78 is 30.9. The second-order valence-electron chi connectivity index (χ2n) is 4.35. The summed E-state index contributed by atoms with van der Waals surface area (Å²) in [6.45, 7) is -0.0503. The van der Waals surface area contributed by atoms with Crippen LogP contribution in [0.2, 0.25) is 0 Å². The van der Waals surface area contributed by atoms with Crippen LogP contribution in [-0.2, 0) is 14.3 Å². The molecule has 0 aliphatic rings. The normalized spacial score (nSPS) is 11.1. The third-order valence-corrected chi connectivity index (χ3v) is 2.62. The van der Waals surface area contributed by atoms with Crippen molar-refractivity contribution < 1.29 is 28.0 Å². The van der Waals surface area contributed by atoms with Crippen LogP contribution in [0.5, 0.6) is 0 Å². The molecule has 0 aromatic heterocycles. The molecule has 1 rings (SSSR count). The van der Waals surface area contributed by atoms with Gasteiger partial charge < -0.3 is 4.74 Å². The molecule has 0 atom stereocenters. The number of halogens is 2. The summed E-state index contributed by atoms with van der Waals surface area (Å²) in [5.41, 5.74) is -0.651. The lowest BCUT2D eigenvalue weighted by Crippen LogP contribution is -2.09. The molecule has 0 saturated carbocycles. The molecule has 0 spiro atoms. The molecule has 0 N–H and O–H groups in total. The summed E-state index contributed by atoms with van der Waals surface area (Å²) in [7, 11) is 0. The predicted octanol–water partition coefficient (Wildman–Crippen LogP) is 2.61. The average Bonchev–Trinajstić information content (AvgIpc) is 2.43. The number of ketones is 1. The number of Topliss-reactive ketones (excluding diaryl/α,β-unsaturated/α-hetero) is 1. The minimum absolute atomic E-state index is 0.0127. The number of nitro benzene ring substituents is 1. The summed E-state index contributed by atoms with van der Waals surface area (Å²) in [5, 5.41) is 10.6. The predicted molar refractivity (Wildman–Crippen MR) is 73.3 cm³/mol. The summed E-state index contributed by atoms with van der Waals surface area (Å²) in [6, 6.07) is 2.95. The number of nitrogens with zero attached hydrogens (tertiary/aromatic N) is 1. The summed E-state index contributed by atoms with van der Waals surface area (Å²) in [4.78, 5) is 31.6. The maximum Gasteiger partial charge on any atom is 0.313 e. The van der Waals surface area contributed by atoms with Crippen LogP contribution in [0.15, 0.2) is 24.3 Å². The van der Waals surface area contributed by atoms with Crippen LogP contribution in [0, 0.1) is 15.9 Å². The van der Waals surface area contributed by atoms with Gasteiger partial charge in [0, 0.05) is 6.07 Å². The fourth-order valence-corrected chi connectivity index (χ4v) is 1.59. The highest BCUT2D eigenvalue weighted by Crippen LogP contribution is 2.23. The molecular weight excluding hydrogens is 300 g/mol. The highest BCUT2D eigenvalue weighted by Gasteiger charge is 2.16. The number of benzene rings is 1. The van der Waals surface area contributed by atoms with Gasteiger partial charge in [-0.15, -0.1) is 0 Å². The highest BCUT2D eigenvalue weighted by atomic mass is 19.1. The monoisotopic (exact) mass is 313 g/mol. The van der Waals surface area contributed by atoms with Crippen molar-refractivity contribution in [2.45, 2.75) is 13.3 Å². The van der Waals surface area contributed by atoms with E-state index in [1.165, 1.54) is 19.1 Å². The zero-order valence-corrected chi connectivity index (χ0v) is 11.7. The topological polar surface area (TPSA) is 86.5 Å². The number of carbonyl (C=O) groups is 2. The standard InChI is InChI=1S/C14H13F2NO5/c1-9(18)6-14(19)22-5-4-11(8-15)10-2-3-12(16)13(7-10)17(20)21/h2-4,7H,5-6,8H2,1H3. The van der Waals surface area contributed by atoms with Gasteiger partial charge in [-0.05, 0) is 30.2 Å². The van der Waals surface area contributed by atoms with Gasteiger partial charge >= 0.3 is 11.7 Å². The van der Waals surface area contributed by atoms with E-state index in [-0.39, 0.29) is 29.9 Å². The Balaban J connectivity index is 2.85.